The third-order valence-corrected chi connectivity index (χ3v) is 5.94. The number of esters is 1. The first-order valence-electron chi connectivity index (χ1n) is 11.4. The lowest BCUT2D eigenvalue weighted by atomic mass is 9.99. The van der Waals surface area contributed by atoms with Crippen LogP contribution in [0.15, 0.2) is 18.2 Å². The molecule has 1 aliphatic carbocycles. The monoisotopic (exact) mass is 509 g/mol. The second-order valence-electron chi connectivity index (χ2n) is 9.62. The zero-order valence-electron chi connectivity index (χ0n) is 21.0. The molecule has 4 unspecified atom stereocenters. The fraction of sp³-hybridized carbons (Fsp3) is 0.583. The summed E-state index contributed by atoms with van der Waals surface area (Å²) in [5.41, 5.74) is -0.0556. The summed E-state index contributed by atoms with van der Waals surface area (Å²) < 4.78 is 9.87. The summed E-state index contributed by atoms with van der Waals surface area (Å²) in [5, 5.41) is 15.8. The molecule has 194 valence electrons. The maximum absolute atomic E-state index is 13.8. The van der Waals surface area contributed by atoms with Gasteiger partial charge in [-0.3, -0.25) is 14.4 Å². The quantitative estimate of drug-likeness (QED) is 0.296. The van der Waals surface area contributed by atoms with Crippen molar-refractivity contribution < 1.29 is 33.8 Å². The van der Waals surface area contributed by atoms with Gasteiger partial charge in [0.05, 0.1) is 7.11 Å². The Hall–Kier alpha value is -2.95. The SMILES string of the molecule is COC(=O)CNC(=O)C(c1cccc(C)c1O)N(C(=O)C(CS)NC(=O)OC(C)(C)C)C1CC1C. The first-order chi connectivity index (χ1) is 16.3. The fourth-order valence-corrected chi connectivity index (χ4v) is 3.88. The third kappa shape index (κ3) is 7.51. The summed E-state index contributed by atoms with van der Waals surface area (Å²) in [4.78, 5) is 52.5. The number of hydrogen-bond donors (Lipinski definition) is 4. The molecule has 35 heavy (non-hydrogen) atoms. The Kier molecular flexibility index (Phi) is 9.42. The van der Waals surface area contributed by atoms with Gasteiger partial charge in [-0.1, -0.05) is 25.1 Å². The van der Waals surface area contributed by atoms with E-state index in [1.54, 1.807) is 45.9 Å². The lowest BCUT2D eigenvalue weighted by molar-refractivity contribution is -0.145. The van der Waals surface area contributed by atoms with Gasteiger partial charge in [0.1, 0.15) is 30.0 Å². The first-order valence-corrected chi connectivity index (χ1v) is 12.0. The smallest absolute Gasteiger partial charge is 0.408 e. The Labute approximate surface area is 211 Å². The number of ether oxygens (including phenoxy) is 2. The molecule has 0 aliphatic heterocycles. The van der Waals surface area contributed by atoms with Crippen molar-refractivity contribution in [1.29, 1.82) is 0 Å². The van der Waals surface area contributed by atoms with Crippen LogP contribution in [0.4, 0.5) is 4.79 Å². The van der Waals surface area contributed by atoms with Crippen LogP contribution >= 0.6 is 12.6 Å². The van der Waals surface area contributed by atoms with Gasteiger partial charge in [0.15, 0.2) is 0 Å². The number of nitrogens with zero attached hydrogens (tertiary/aromatic N) is 1. The van der Waals surface area contributed by atoms with Crippen molar-refractivity contribution in [2.24, 2.45) is 5.92 Å². The lowest BCUT2D eigenvalue weighted by Gasteiger charge is -2.35. The number of alkyl carbamates (subject to hydrolysis) is 1. The number of aromatic hydroxyl groups is 1. The Morgan fingerprint density at radius 1 is 1.26 bits per heavy atom. The van der Waals surface area contributed by atoms with Gasteiger partial charge < -0.3 is 30.1 Å². The minimum Gasteiger partial charge on any atom is -0.507 e. The molecular weight excluding hydrogens is 474 g/mol. The van der Waals surface area contributed by atoms with E-state index in [0.717, 1.165) is 0 Å². The largest absolute Gasteiger partial charge is 0.507 e. The molecule has 1 aromatic rings. The molecule has 1 fully saturated rings. The van der Waals surface area contributed by atoms with Crippen LogP contribution in [0.3, 0.4) is 0 Å². The van der Waals surface area contributed by atoms with Crippen molar-refractivity contribution in [3.05, 3.63) is 29.3 Å². The molecule has 1 aromatic carbocycles. The van der Waals surface area contributed by atoms with Crippen molar-refractivity contribution in [1.82, 2.24) is 15.5 Å². The maximum atomic E-state index is 13.8. The van der Waals surface area contributed by atoms with E-state index in [1.165, 1.54) is 12.0 Å². The number of aryl methyl sites for hydroxylation is 1. The molecule has 0 radical (unpaired) electrons. The molecule has 0 spiro atoms. The van der Waals surface area contributed by atoms with Gasteiger partial charge >= 0.3 is 12.1 Å². The molecular formula is C24H35N3O7S. The number of phenolic OH excluding ortho intramolecular Hbond substituents is 1. The van der Waals surface area contributed by atoms with Gasteiger partial charge in [-0.15, -0.1) is 0 Å². The average Bonchev–Trinajstić information content (AvgIpc) is 3.50. The summed E-state index contributed by atoms with van der Waals surface area (Å²) in [6.07, 6.45) is -0.163. The molecule has 0 bridgehead atoms. The number of nitrogens with one attached hydrogen (secondary N) is 2. The Balaban J connectivity index is 2.47. The molecule has 0 saturated heterocycles. The first kappa shape index (κ1) is 28.3. The van der Waals surface area contributed by atoms with Crippen LogP contribution in [0.2, 0.25) is 0 Å². The maximum Gasteiger partial charge on any atom is 0.408 e. The summed E-state index contributed by atoms with van der Waals surface area (Å²) in [5.74, 6) is -1.99. The van der Waals surface area contributed by atoms with Crippen LogP contribution in [0.5, 0.6) is 5.75 Å². The van der Waals surface area contributed by atoms with E-state index in [1.807, 2.05) is 6.92 Å². The summed E-state index contributed by atoms with van der Waals surface area (Å²) in [6.45, 7) is 8.29. The lowest BCUT2D eigenvalue weighted by Crippen LogP contribution is -2.55. The van der Waals surface area contributed by atoms with Crippen LogP contribution in [-0.4, -0.2) is 71.0 Å². The number of para-hydroxylation sites is 1. The molecule has 11 heteroatoms. The zero-order chi connectivity index (χ0) is 26.5. The van der Waals surface area contributed by atoms with Crippen molar-refractivity contribution in [2.75, 3.05) is 19.4 Å². The van der Waals surface area contributed by atoms with Crippen LogP contribution in [0, 0.1) is 12.8 Å². The van der Waals surface area contributed by atoms with Crippen molar-refractivity contribution in [2.45, 2.75) is 64.8 Å². The van der Waals surface area contributed by atoms with Crippen LogP contribution in [0.1, 0.15) is 51.3 Å². The molecule has 0 heterocycles. The zero-order valence-corrected chi connectivity index (χ0v) is 21.8. The van der Waals surface area contributed by atoms with Gasteiger partial charge in [-0.2, -0.15) is 12.6 Å². The Morgan fingerprint density at radius 2 is 1.89 bits per heavy atom. The van der Waals surface area contributed by atoms with E-state index in [-0.39, 0.29) is 29.0 Å². The number of phenols is 1. The topological polar surface area (TPSA) is 134 Å². The summed E-state index contributed by atoms with van der Waals surface area (Å²) in [7, 11) is 1.19. The second-order valence-corrected chi connectivity index (χ2v) is 9.98. The van der Waals surface area contributed by atoms with E-state index in [0.29, 0.717) is 12.0 Å². The average molecular weight is 510 g/mol. The third-order valence-electron chi connectivity index (χ3n) is 5.58. The van der Waals surface area contributed by atoms with Crippen LogP contribution < -0.4 is 10.6 Å². The van der Waals surface area contributed by atoms with E-state index >= 15 is 0 Å². The fourth-order valence-electron chi connectivity index (χ4n) is 3.64. The number of benzene rings is 1. The number of methoxy groups -OCH3 is 1. The highest BCUT2D eigenvalue weighted by atomic mass is 32.1. The minimum absolute atomic E-state index is 0.0496. The highest BCUT2D eigenvalue weighted by molar-refractivity contribution is 7.80. The summed E-state index contributed by atoms with van der Waals surface area (Å²) in [6, 6.07) is 2.22. The number of amides is 3. The normalized spacial score (nSPS) is 18.6. The van der Waals surface area contributed by atoms with E-state index in [9.17, 15) is 24.3 Å². The predicted octanol–water partition coefficient (Wildman–Crippen LogP) is 2.09. The molecule has 10 nitrogen and oxygen atoms in total. The second kappa shape index (κ2) is 11.7. The highest BCUT2D eigenvalue weighted by Crippen LogP contribution is 2.42. The van der Waals surface area contributed by atoms with Gasteiger partial charge in [-0.25, -0.2) is 4.79 Å². The molecule has 1 aliphatic rings. The van der Waals surface area contributed by atoms with Crippen LogP contribution in [0.25, 0.3) is 0 Å². The van der Waals surface area contributed by atoms with Gasteiger partial charge in [-0.05, 0) is 45.6 Å². The van der Waals surface area contributed by atoms with Crippen molar-refractivity contribution >= 4 is 36.5 Å². The summed E-state index contributed by atoms with van der Waals surface area (Å²) >= 11 is 4.24. The Bertz CT molecular complexity index is 963. The minimum atomic E-state index is -1.26. The van der Waals surface area contributed by atoms with Gasteiger partial charge in [0.2, 0.25) is 11.8 Å². The number of hydrogen-bond acceptors (Lipinski definition) is 8. The molecule has 3 amide bonds. The molecule has 4 atom stereocenters. The number of carbonyl (C=O) groups is 4. The number of carbonyl (C=O) groups excluding carboxylic acids is 4. The van der Waals surface area contributed by atoms with E-state index in [4.69, 9.17) is 4.74 Å². The molecule has 1 saturated carbocycles. The standard InChI is InChI=1S/C24H35N3O7S/c1-13-8-7-9-15(20(13)29)19(21(30)25-11-18(28)33-6)27(17-10-14(17)2)22(31)16(12-35)26-23(32)34-24(3,4)5/h7-9,14,16-17,19,29,35H,10-12H2,1-6H3,(H,25,30)(H,26,32). The van der Waals surface area contributed by atoms with E-state index < -0.39 is 48.1 Å². The predicted molar refractivity (Wildman–Crippen MR) is 132 cm³/mol. The molecule has 2 rings (SSSR count). The van der Waals surface area contributed by atoms with E-state index in [2.05, 4.69) is 28.0 Å². The van der Waals surface area contributed by atoms with Crippen LogP contribution in [-0.2, 0) is 23.9 Å². The number of rotatable bonds is 9. The Morgan fingerprint density at radius 3 is 2.40 bits per heavy atom. The molecule has 0 aromatic heterocycles. The van der Waals surface area contributed by atoms with Crippen molar-refractivity contribution in [3.8, 4) is 5.75 Å². The van der Waals surface area contributed by atoms with Gasteiger partial charge in [0.25, 0.3) is 0 Å². The highest BCUT2D eigenvalue weighted by Gasteiger charge is 2.48. The molecule has 3 N–H and O–H groups in total. The van der Waals surface area contributed by atoms with Crippen molar-refractivity contribution in [3.63, 3.8) is 0 Å². The number of thiol groups is 1. The van der Waals surface area contributed by atoms with Gasteiger partial charge in [0, 0.05) is 17.4 Å².